The predicted molar refractivity (Wildman–Crippen MR) is 163 cm³/mol. The first-order chi connectivity index (χ1) is 19.5. The molecule has 9 heteroatoms. The number of carbonyl (C=O) groups is 2. The van der Waals surface area contributed by atoms with E-state index in [1.54, 1.807) is 24.3 Å². The van der Waals surface area contributed by atoms with Gasteiger partial charge in [-0.15, -0.1) is 0 Å². The molecule has 1 N–H and O–H groups in total. The van der Waals surface area contributed by atoms with Gasteiger partial charge < -0.3 is 15.0 Å². The quantitative estimate of drug-likeness (QED) is 0.302. The lowest BCUT2D eigenvalue weighted by Crippen LogP contribution is -2.53. The molecule has 3 rings (SSSR count). The summed E-state index contributed by atoms with van der Waals surface area (Å²) in [5, 5.41) is 2.99. The van der Waals surface area contributed by atoms with Gasteiger partial charge in [-0.05, 0) is 55.2 Å². The highest BCUT2D eigenvalue weighted by Gasteiger charge is 2.33. The summed E-state index contributed by atoms with van der Waals surface area (Å²) in [5.74, 6) is 0.0558. The summed E-state index contributed by atoms with van der Waals surface area (Å²) in [4.78, 5) is 29.2. The van der Waals surface area contributed by atoms with Crippen molar-refractivity contribution in [3.8, 4) is 5.75 Å². The highest BCUT2D eigenvalue weighted by atomic mass is 32.2. The number of sulfonamides is 1. The molecule has 0 heterocycles. The number of nitrogens with zero attached hydrogens (tertiary/aromatic N) is 2. The van der Waals surface area contributed by atoms with E-state index in [0.717, 1.165) is 27.3 Å². The zero-order valence-corrected chi connectivity index (χ0v) is 25.4. The molecule has 0 saturated carbocycles. The Morgan fingerprint density at radius 2 is 1.54 bits per heavy atom. The fourth-order valence-electron chi connectivity index (χ4n) is 4.36. The second-order valence-electron chi connectivity index (χ2n) is 10.5. The van der Waals surface area contributed by atoms with Crippen LogP contribution in [0.15, 0.2) is 78.9 Å². The number of ether oxygens (including phenoxy) is 1. The summed E-state index contributed by atoms with van der Waals surface area (Å²) in [5.41, 5.74) is 3.14. The molecule has 220 valence electrons. The van der Waals surface area contributed by atoms with Crippen LogP contribution in [0.1, 0.15) is 37.5 Å². The molecule has 0 aliphatic rings. The van der Waals surface area contributed by atoms with Gasteiger partial charge in [-0.25, -0.2) is 8.42 Å². The maximum Gasteiger partial charge on any atom is 0.244 e. The van der Waals surface area contributed by atoms with Gasteiger partial charge in [-0.3, -0.25) is 13.9 Å². The average molecular weight is 580 g/mol. The van der Waals surface area contributed by atoms with Crippen molar-refractivity contribution >= 4 is 27.5 Å². The minimum Gasteiger partial charge on any atom is -0.494 e. The van der Waals surface area contributed by atoms with Crippen LogP contribution in [0.4, 0.5) is 5.69 Å². The van der Waals surface area contributed by atoms with Gasteiger partial charge in [0, 0.05) is 19.5 Å². The zero-order chi connectivity index (χ0) is 30.0. The van der Waals surface area contributed by atoms with Gasteiger partial charge in [-0.2, -0.15) is 0 Å². The molecule has 41 heavy (non-hydrogen) atoms. The molecule has 0 unspecified atom stereocenters. The number of aryl methyl sites for hydroxylation is 1. The maximum absolute atomic E-state index is 14.1. The zero-order valence-electron chi connectivity index (χ0n) is 24.5. The van der Waals surface area contributed by atoms with Crippen LogP contribution in [0.5, 0.6) is 5.75 Å². The van der Waals surface area contributed by atoms with Crippen LogP contribution < -0.4 is 14.4 Å². The topological polar surface area (TPSA) is 96.0 Å². The van der Waals surface area contributed by atoms with Crippen molar-refractivity contribution in [2.45, 2.75) is 46.7 Å². The molecule has 0 bridgehead atoms. The number of carbonyl (C=O) groups excluding carboxylic acids is 2. The lowest BCUT2D eigenvalue weighted by atomic mass is 10.0. The van der Waals surface area contributed by atoms with Crippen molar-refractivity contribution in [1.29, 1.82) is 0 Å². The number of hydrogen-bond donors (Lipinski definition) is 1. The van der Waals surface area contributed by atoms with Gasteiger partial charge in [0.2, 0.25) is 21.8 Å². The van der Waals surface area contributed by atoms with E-state index in [1.165, 1.54) is 4.90 Å². The second kappa shape index (κ2) is 14.7. The Kier molecular flexibility index (Phi) is 11.3. The first kappa shape index (κ1) is 31.7. The number of hydrogen-bond acceptors (Lipinski definition) is 5. The standard InChI is InChI=1S/C32H41N3O5S/c1-6-40-29-18-16-28(17-19-29)35(41(5,38)39)23-31(36)34(22-27-14-12-25(4)13-15-27)30(32(37)33-21-24(2)3)20-26-10-8-7-9-11-26/h7-19,24,30H,6,20-23H2,1-5H3,(H,33,37)/t30-/m1/s1. The number of rotatable bonds is 14. The molecule has 0 fully saturated rings. The number of benzene rings is 3. The summed E-state index contributed by atoms with van der Waals surface area (Å²) in [6, 6.07) is 23.0. The second-order valence-corrected chi connectivity index (χ2v) is 12.5. The lowest BCUT2D eigenvalue weighted by Gasteiger charge is -2.33. The third kappa shape index (κ3) is 9.63. The molecule has 8 nitrogen and oxygen atoms in total. The SMILES string of the molecule is CCOc1ccc(N(CC(=O)N(Cc2ccc(C)cc2)[C@H](Cc2ccccc2)C(=O)NCC(C)C)S(C)(=O)=O)cc1. The van der Waals surface area contributed by atoms with Gasteiger partial charge in [-0.1, -0.05) is 74.0 Å². The summed E-state index contributed by atoms with van der Waals surface area (Å²) >= 11 is 0. The molecule has 0 aliphatic heterocycles. The lowest BCUT2D eigenvalue weighted by molar-refractivity contribution is -0.140. The van der Waals surface area contributed by atoms with Crippen LogP contribution in [0.3, 0.4) is 0 Å². The van der Waals surface area contributed by atoms with E-state index in [9.17, 15) is 18.0 Å². The minimum absolute atomic E-state index is 0.145. The Hall–Kier alpha value is -3.85. The molecule has 3 aromatic carbocycles. The molecular formula is C32H41N3O5S. The van der Waals surface area contributed by atoms with Gasteiger partial charge in [0.15, 0.2) is 0 Å². The van der Waals surface area contributed by atoms with E-state index >= 15 is 0 Å². The maximum atomic E-state index is 14.1. The molecule has 0 spiro atoms. The normalized spacial score (nSPS) is 12.0. The third-order valence-corrected chi connectivity index (χ3v) is 7.68. The van der Waals surface area contributed by atoms with Crippen molar-refractivity contribution in [2.75, 3.05) is 30.3 Å². The van der Waals surface area contributed by atoms with Gasteiger partial charge >= 0.3 is 0 Å². The summed E-state index contributed by atoms with van der Waals surface area (Å²) in [6.07, 6.45) is 1.35. The average Bonchev–Trinajstić information content (AvgIpc) is 2.94. The fraction of sp³-hybridized carbons (Fsp3) is 0.375. The van der Waals surface area contributed by atoms with Crippen LogP contribution in [-0.2, 0) is 32.6 Å². The molecule has 0 saturated heterocycles. The van der Waals surface area contributed by atoms with E-state index < -0.39 is 28.5 Å². The molecule has 3 aromatic rings. The monoisotopic (exact) mass is 579 g/mol. The van der Waals surface area contributed by atoms with Crippen molar-refractivity contribution in [1.82, 2.24) is 10.2 Å². The van der Waals surface area contributed by atoms with Crippen LogP contribution in [0.25, 0.3) is 0 Å². The Morgan fingerprint density at radius 1 is 0.902 bits per heavy atom. The molecule has 1 atom stereocenters. The van der Waals surface area contributed by atoms with E-state index in [4.69, 9.17) is 4.74 Å². The van der Waals surface area contributed by atoms with Gasteiger partial charge in [0.1, 0.15) is 18.3 Å². The Balaban J connectivity index is 2.02. The molecule has 0 radical (unpaired) electrons. The smallest absolute Gasteiger partial charge is 0.244 e. The molecule has 0 aliphatic carbocycles. The van der Waals surface area contributed by atoms with Crippen molar-refractivity contribution < 1.29 is 22.7 Å². The van der Waals surface area contributed by atoms with Gasteiger partial charge in [0.25, 0.3) is 0 Å². The first-order valence-electron chi connectivity index (χ1n) is 13.8. The number of amides is 2. The molecule has 2 amide bonds. The van der Waals surface area contributed by atoms with E-state index in [0.29, 0.717) is 24.6 Å². The Bertz CT molecular complexity index is 1380. The number of nitrogens with one attached hydrogen (secondary N) is 1. The molecular weight excluding hydrogens is 538 g/mol. The van der Waals surface area contributed by atoms with Crippen LogP contribution in [-0.4, -0.2) is 57.1 Å². The minimum atomic E-state index is -3.83. The van der Waals surface area contributed by atoms with Crippen molar-refractivity contribution in [3.05, 3.63) is 95.6 Å². The van der Waals surface area contributed by atoms with Crippen molar-refractivity contribution in [3.63, 3.8) is 0 Å². The highest BCUT2D eigenvalue weighted by Crippen LogP contribution is 2.23. The Labute approximate surface area is 244 Å². The van der Waals surface area contributed by atoms with E-state index in [1.807, 2.05) is 82.3 Å². The highest BCUT2D eigenvalue weighted by molar-refractivity contribution is 7.92. The van der Waals surface area contributed by atoms with Gasteiger partial charge in [0.05, 0.1) is 18.6 Å². The summed E-state index contributed by atoms with van der Waals surface area (Å²) in [7, 11) is -3.83. The van der Waals surface area contributed by atoms with Crippen LogP contribution >= 0.6 is 0 Å². The largest absolute Gasteiger partial charge is 0.494 e. The fourth-order valence-corrected chi connectivity index (χ4v) is 5.21. The summed E-state index contributed by atoms with van der Waals surface area (Å²) < 4.78 is 32.4. The number of anilines is 1. The van der Waals surface area contributed by atoms with E-state index in [-0.39, 0.29) is 24.8 Å². The first-order valence-corrected chi connectivity index (χ1v) is 15.7. The third-order valence-electron chi connectivity index (χ3n) is 6.54. The predicted octanol–water partition coefficient (Wildman–Crippen LogP) is 4.57. The Morgan fingerprint density at radius 3 is 2.10 bits per heavy atom. The molecule has 0 aromatic heterocycles. The van der Waals surface area contributed by atoms with Crippen LogP contribution in [0, 0.1) is 12.8 Å². The summed E-state index contributed by atoms with van der Waals surface area (Å²) in [6.45, 7) is 8.47. The van der Waals surface area contributed by atoms with E-state index in [2.05, 4.69) is 5.32 Å². The van der Waals surface area contributed by atoms with Crippen LogP contribution in [0.2, 0.25) is 0 Å². The van der Waals surface area contributed by atoms with Crippen molar-refractivity contribution in [2.24, 2.45) is 5.92 Å².